The van der Waals surface area contributed by atoms with Crippen LogP contribution in [0.4, 0.5) is 17.2 Å². The Kier molecular flexibility index (Phi) is 3.68. The van der Waals surface area contributed by atoms with E-state index in [2.05, 4.69) is 75.4 Å². The quantitative estimate of drug-likeness (QED) is 0.721. The summed E-state index contributed by atoms with van der Waals surface area (Å²) >= 11 is 0. The summed E-state index contributed by atoms with van der Waals surface area (Å²) in [6.07, 6.45) is 1.86. The zero-order valence-corrected chi connectivity index (χ0v) is 13.0. The van der Waals surface area contributed by atoms with Crippen molar-refractivity contribution in [3.63, 3.8) is 0 Å². The molecule has 1 aliphatic rings. The van der Waals surface area contributed by atoms with Crippen LogP contribution < -0.4 is 9.80 Å². The summed E-state index contributed by atoms with van der Waals surface area (Å²) in [6.45, 7) is 2.87. The third-order valence-electron chi connectivity index (χ3n) is 4.25. The van der Waals surface area contributed by atoms with Gasteiger partial charge in [-0.2, -0.15) is 0 Å². The first-order chi connectivity index (χ1) is 11.4. The molecule has 0 atom stereocenters. The maximum absolute atomic E-state index is 4.52. The molecule has 3 heteroatoms. The molecule has 23 heavy (non-hydrogen) atoms. The molecule has 0 bridgehead atoms. The van der Waals surface area contributed by atoms with E-state index in [9.17, 15) is 0 Å². The second kappa shape index (κ2) is 6.13. The van der Waals surface area contributed by atoms with Crippen molar-refractivity contribution in [3.8, 4) is 0 Å². The monoisotopic (exact) mass is 301 g/mol. The summed E-state index contributed by atoms with van der Waals surface area (Å²) in [5.74, 6) is 1.01. The van der Waals surface area contributed by atoms with Crippen LogP contribution in [0.1, 0.15) is 5.56 Å². The van der Waals surface area contributed by atoms with Crippen LogP contribution in [0.5, 0.6) is 0 Å². The summed E-state index contributed by atoms with van der Waals surface area (Å²) < 4.78 is 0. The Bertz CT molecular complexity index is 771. The van der Waals surface area contributed by atoms with Gasteiger partial charge in [0.15, 0.2) is 0 Å². The van der Waals surface area contributed by atoms with Gasteiger partial charge in [-0.3, -0.25) is 0 Å². The van der Waals surface area contributed by atoms with E-state index >= 15 is 0 Å². The molecule has 0 aliphatic carbocycles. The van der Waals surface area contributed by atoms with Gasteiger partial charge >= 0.3 is 0 Å². The van der Waals surface area contributed by atoms with Crippen molar-refractivity contribution in [3.05, 3.63) is 84.6 Å². The van der Waals surface area contributed by atoms with E-state index in [1.165, 1.54) is 16.9 Å². The first kappa shape index (κ1) is 13.8. The zero-order valence-electron chi connectivity index (χ0n) is 13.0. The lowest BCUT2D eigenvalue weighted by molar-refractivity contribution is 0.745. The maximum atomic E-state index is 4.52. The first-order valence-corrected chi connectivity index (χ1v) is 7.98. The highest BCUT2D eigenvalue weighted by Gasteiger charge is 2.23. The molecule has 0 radical (unpaired) electrons. The average molecular weight is 301 g/mol. The number of nitrogens with zero attached hydrogens (tertiary/aromatic N) is 3. The van der Waals surface area contributed by atoms with Crippen molar-refractivity contribution in [1.29, 1.82) is 0 Å². The van der Waals surface area contributed by atoms with Gasteiger partial charge in [-0.1, -0.05) is 48.5 Å². The van der Waals surface area contributed by atoms with Crippen LogP contribution in [0.15, 0.2) is 79.0 Å². The number of benzene rings is 2. The Morgan fingerprint density at radius 2 is 1.48 bits per heavy atom. The lowest BCUT2D eigenvalue weighted by Gasteiger charge is -2.38. The van der Waals surface area contributed by atoms with Crippen molar-refractivity contribution in [1.82, 2.24) is 4.98 Å². The number of para-hydroxylation sites is 2. The van der Waals surface area contributed by atoms with Gasteiger partial charge in [-0.15, -0.1) is 0 Å². The molecular formula is C20H19N3. The summed E-state index contributed by atoms with van der Waals surface area (Å²) in [5.41, 5.74) is 3.84. The van der Waals surface area contributed by atoms with Gasteiger partial charge in [-0.25, -0.2) is 4.98 Å². The summed E-state index contributed by atoms with van der Waals surface area (Å²) in [5, 5.41) is 0. The molecular weight excluding hydrogens is 282 g/mol. The smallest absolute Gasteiger partial charge is 0.133 e. The predicted molar refractivity (Wildman–Crippen MR) is 95.2 cm³/mol. The van der Waals surface area contributed by atoms with E-state index in [0.29, 0.717) is 0 Å². The molecule has 0 unspecified atom stereocenters. The maximum Gasteiger partial charge on any atom is 0.133 e. The van der Waals surface area contributed by atoms with E-state index in [1.54, 1.807) is 0 Å². The number of aromatic nitrogens is 1. The van der Waals surface area contributed by atoms with E-state index in [4.69, 9.17) is 0 Å². The van der Waals surface area contributed by atoms with Gasteiger partial charge in [0.2, 0.25) is 0 Å². The van der Waals surface area contributed by atoms with E-state index in [-0.39, 0.29) is 0 Å². The van der Waals surface area contributed by atoms with Gasteiger partial charge in [-0.05, 0) is 29.8 Å². The van der Waals surface area contributed by atoms with Gasteiger partial charge in [0, 0.05) is 25.8 Å². The summed E-state index contributed by atoms with van der Waals surface area (Å²) in [7, 11) is 0. The van der Waals surface area contributed by atoms with Crippen molar-refractivity contribution < 1.29 is 0 Å². The number of hydrogen-bond acceptors (Lipinski definition) is 3. The molecule has 0 saturated heterocycles. The molecule has 0 saturated carbocycles. The SMILES string of the molecule is c1ccc(CN2CCN(c3ccccn3)c3ccccc32)cc1. The normalized spacial score (nSPS) is 13.7. The highest BCUT2D eigenvalue weighted by Crippen LogP contribution is 2.37. The molecule has 0 N–H and O–H groups in total. The van der Waals surface area contributed by atoms with E-state index in [1.807, 2.05) is 18.3 Å². The first-order valence-electron chi connectivity index (χ1n) is 7.98. The molecule has 3 aromatic rings. The molecule has 2 aromatic carbocycles. The topological polar surface area (TPSA) is 19.4 Å². The highest BCUT2D eigenvalue weighted by molar-refractivity contribution is 5.78. The third-order valence-corrected chi connectivity index (χ3v) is 4.25. The molecule has 0 spiro atoms. The second-order valence-corrected chi connectivity index (χ2v) is 5.74. The van der Waals surface area contributed by atoms with Crippen molar-refractivity contribution in [2.75, 3.05) is 22.9 Å². The minimum atomic E-state index is 0.938. The van der Waals surface area contributed by atoms with Crippen LogP contribution in [0.25, 0.3) is 0 Å². The van der Waals surface area contributed by atoms with Crippen LogP contribution in [-0.2, 0) is 6.54 Å². The Hall–Kier alpha value is -2.81. The number of fused-ring (bicyclic) bond motifs is 1. The Morgan fingerprint density at radius 3 is 2.26 bits per heavy atom. The van der Waals surface area contributed by atoms with Gasteiger partial charge < -0.3 is 9.80 Å². The molecule has 0 fully saturated rings. The summed E-state index contributed by atoms with van der Waals surface area (Å²) in [6, 6.07) is 25.3. The van der Waals surface area contributed by atoms with Crippen LogP contribution in [-0.4, -0.2) is 18.1 Å². The van der Waals surface area contributed by atoms with Crippen LogP contribution >= 0.6 is 0 Å². The molecule has 4 rings (SSSR count). The molecule has 3 nitrogen and oxygen atoms in total. The number of pyridine rings is 1. The standard InChI is InChI=1S/C20H19N3/c1-2-8-17(9-3-1)16-22-14-15-23(20-12-6-7-13-21-20)19-11-5-4-10-18(19)22/h1-13H,14-16H2. The fourth-order valence-electron chi connectivity index (χ4n) is 3.14. The third kappa shape index (κ3) is 2.78. The van der Waals surface area contributed by atoms with Crippen LogP contribution in [0.2, 0.25) is 0 Å². The highest BCUT2D eigenvalue weighted by atomic mass is 15.3. The van der Waals surface area contributed by atoms with Gasteiger partial charge in [0.1, 0.15) is 5.82 Å². The number of hydrogen-bond donors (Lipinski definition) is 0. The van der Waals surface area contributed by atoms with Crippen molar-refractivity contribution in [2.45, 2.75) is 6.54 Å². The number of rotatable bonds is 3. The molecule has 1 aromatic heterocycles. The molecule has 114 valence electrons. The average Bonchev–Trinajstić information content (AvgIpc) is 2.64. The fourth-order valence-corrected chi connectivity index (χ4v) is 3.14. The minimum Gasteiger partial charge on any atom is -0.364 e. The fraction of sp³-hybridized carbons (Fsp3) is 0.150. The van der Waals surface area contributed by atoms with Crippen molar-refractivity contribution in [2.24, 2.45) is 0 Å². The molecule has 2 heterocycles. The van der Waals surface area contributed by atoms with Gasteiger partial charge in [0.05, 0.1) is 11.4 Å². The predicted octanol–water partition coefficient (Wildman–Crippen LogP) is 4.24. The molecule has 0 amide bonds. The van der Waals surface area contributed by atoms with E-state index < -0.39 is 0 Å². The van der Waals surface area contributed by atoms with Crippen molar-refractivity contribution >= 4 is 17.2 Å². The number of anilines is 3. The lowest BCUT2D eigenvalue weighted by Crippen LogP contribution is -2.38. The summed E-state index contributed by atoms with van der Waals surface area (Å²) in [4.78, 5) is 9.27. The second-order valence-electron chi connectivity index (χ2n) is 5.74. The Balaban J connectivity index is 1.67. The van der Waals surface area contributed by atoms with Crippen LogP contribution in [0, 0.1) is 0 Å². The zero-order chi connectivity index (χ0) is 15.5. The van der Waals surface area contributed by atoms with Crippen LogP contribution in [0.3, 0.4) is 0 Å². The Morgan fingerprint density at radius 1 is 0.739 bits per heavy atom. The largest absolute Gasteiger partial charge is 0.364 e. The lowest BCUT2D eigenvalue weighted by atomic mass is 10.1. The molecule has 1 aliphatic heterocycles. The minimum absolute atomic E-state index is 0.938. The van der Waals surface area contributed by atoms with Gasteiger partial charge in [0.25, 0.3) is 0 Å². The van der Waals surface area contributed by atoms with E-state index in [0.717, 1.165) is 25.5 Å². The Labute approximate surface area is 136 Å².